The molecule has 0 spiro atoms. The zero-order chi connectivity index (χ0) is 45.8. The molecule has 6 aromatic heterocycles. The van der Waals surface area contributed by atoms with E-state index in [1.807, 2.05) is 85.8 Å². The van der Waals surface area contributed by atoms with Crippen LogP contribution >= 0.6 is 23.2 Å². The number of aromatic nitrogens is 7. The van der Waals surface area contributed by atoms with Gasteiger partial charge in [0.2, 0.25) is 0 Å². The van der Waals surface area contributed by atoms with Crippen LogP contribution in [0.3, 0.4) is 0 Å². The number of carbonyl (C=O) groups is 2. The molecule has 15 heteroatoms. The van der Waals surface area contributed by atoms with Crippen molar-refractivity contribution < 1.29 is 9.59 Å². The highest BCUT2D eigenvalue weighted by Gasteiger charge is 2.26. The average molecular weight is 911 g/mol. The fourth-order valence-corrected chi connectivity index (χ4v) is 9.16. The number of nitrogens with zero attached hydrogens (tertiary/aromatic N) is 7. The molecule has 0 aliphatic carbocycles. The van der Waals surface area contributed by atoms with Crippen LogP contribution in [0.2, 0.25) is 10.0 Å². The number of carbonyl (C=O) groups excluding carboxylic acids is 2. The predicted molar refractivity (Wildman–Crippen MR) is 257 cm³/mol. The Morgan fingerprint density at radius 2 is 1.24 bits per heavy atom. The van der Waals surface area contributed by atoms with Crippen molar-refractivity contribution in [3.63, 3.8) is 0 Å². The maximum absolute atomic E-state index is 14.6. The molecule has 0 aliphatic heterocycles. The first-order valence-corrected chi connectivity index (χ1v) is 21.7. The zero-order valence-corrected chi connectivity index (χ0v) is 37.0. The number of halogens is 2. The Morgan fingerprint density at radius 1 is 0.636 bits per heavy atom. The van der Waals surface area contributed by atoms with Crippen LogP contribution < -0.4 is 21.8 Å². The van der Waals surface area contributed by atoms with Gasteiger partial charge in [0.25, 0.3) is 22.9 Å². The lowest BCUT2D eigenvalue weighted by Gasteiger charge is -2.22. The molecular weight excluding hydrogens is 874 g/mol. The largest absolute Gasteiger partial charge is 0.344 e. The van der Waals surface area contributed by atoms with Crippen LogP contribution in [0.15, 0.2) is 156 Å². The summed E-state index contributed by atoms with van der Waals surface area (Å²) >= 11 is 13.2. The Morgan fingerprint density at radius 3 is 1.92 bits per heavy atom. The fraction of sp³-hybridized carbons (Fsp3) is 0.0980. The molecule has 0 aliphatic rings. The SMILES string of the molecule is Cc1nn2cccnc2c1C(=O)NC(C)c1cc2cccc(Cl)c2c(=O)n1-c1cccc(-c2ncc(C(=O)NC(C)c3cc4cccc(Cl)c4c(=O)n3-c3ccccc3)c3ncccc23)c1. The monoisotopic (exact) mass is 909 g/mol. The summed E-state index contributed by atoms with van der Waals surface area (Å²) < 4.78 is 4.66. The minimum Gasteiger partial charge on any atom is -0.344 e. The van der Waals surface area contributed by atoms with Crippen LogP contribution in [0.1, 0.15) is 63.7 Å². The second kappa shape index (κ2) is 16.8. The Balaban J connectivity index is 1.02. The molecule has 324 valence electrons. The van der Waals surface area contributed by atoms with Crippen molar-refractivity contribution in [3.8, 4) is 22.6 Å². The Bertz CT molecular complexity index is 3740. The van der Waals surface area contributed by atoms with E-state index >= 15 is 0 Å². The molecular formula is C51H37Cl2N9O4. The third kappa shape index (κ3) is 7.24. The molecule has 0 saturated heterocycles. The molecule has 10 rings (SSSR count). The number of pyridine rings is 4. The summed E-state index contributed by atoms with van der Waals surface area (Å²) in [4.78, 5) is 70.8. The van der Waals surface area contributed by atoms with E-state index in [9.17, 15) is 19.2 Å². The van der Waals surface area contributed by atoms with E-state index in [0.29, 0.717) is 88.4 Å². The number of rotatable bonds is 9. The van der Waals surface area contributed by atoms with Crippen LogP contribution in [-0.2, 0) is 0 Å². The quantitative estimate of drug-likeness (QED) is 0.145. The van der Waals surface area contributed by atoms with E-state index < -0.39 is 23.9 Å². The smallest absolute Gasteiger partial charge is 0.264 e. The summed E-state index contributed by atoms with van der Waals surface area (Å²) in [6.07, 6.45) is 6.40. The van der Waals surface area contributed by atoms with Gasteiger partial charge in [-0.15, -0.1) is 0 Å². The van der Waals surface area contributed by atoms with Crippen LogP contribution in [0, 0.1) is 6.92 Å². The molecule has 2 amide bonds. The lowest BCUT2D eigenvalue weighted by Crippen LogP contribution is -2.32. The van der Waals surface area contributed by atoms with E-state index in [4.69, 9.17) is 28.2 Å². The van der Waals surface area contributed by atoms with E-state index in [1.165, 1.54) is 6.20 Å². The molecule has 2 atom stereocenters. The number of benzene rings is 4. The van der Waals surface area contributed by atoms with Crippen molar-refractivity contribution in [2.24, 2.45) is 0 Å². The molecule has 4 aromatic carbocycles. The highest BCUT2D eigenvalue weighted by Crippen LogP contribution is 2.32. The van der Waals surface area contributed by atoms with Gasteiger partial charge in [-0.05, 0) is 98.3 Å². The average Bonchev–Trinajstić information content (AvgIpc) is 3.66. The van der Waals surface area contributed by atoms with E-state index in [2.05, 4.69) is 25.7 Å². The normalized spacial score (nSPS) is 12.4. The molecule has 0 saturated carbocycles. The van der Waals surface area contributed by atoms with E-state index in [1.54, 1.807) is 88.6 Å². The lowest BCUT2D eigenvalue weighted by molar-refractivity contribution is 0.0931. The van der Waals surface area contributed by atoms with Crippen LogP contribution in [0.25, 0.3) is 60.7 Å². The topological polar surface area (TPSA) is 158 Å². The van der Waals surface area contributed by atoms with Gasteiger partial charge in [-0.25, -0.2) is 9.50 Å². The first-order valence-electron chi connectivity index (χ1n) is 21.0. The first-order chi connectivity index (χ1) is 32.0. The maximum Gasteiger partial charge on any atom is 0.264 e. The minimum atomic E-state index is -0.687. The van der Waals surface area contributed by atoms with Gasteiger partial charge in [-0.2, -0.15) is 5.10 Å². The summed E-state index contributed by atoms with van der Waals surface area (Å²) in [7, 11) is 0. The van der Waals surface area contributed by atoms with Crippen molar-refractivity contribution in [1.82, 2.24) is 44.3 Å². The standard InChI is InChI=1S/C51H37Cl2N9O4/c1-28(40-25-31-12-8-19-38(52)43(31)50(65)61(40)34-15-5-4-6-16-34)57-48(63)37-27-56-45(36-18-10-21-54-46(36)37)33-14-7-17-35(24-33)62-41(26-32-13-9-20-39(53)44(32)51(62)66)29(2)58-49(64)42-30(3)59-60-23-11-22-55-47(42)60/h4-29H,1-3H3,(H,57,63)(H,58,64). The second-order valence-electron chi connectivity index (χ2n) is 15.9. The van der Waals surface area contributed by atoms with Gasteiger partial charge in [-0.3, -0.25) is 38.3 Å². The summed E-state index contributed by atoms with van der Waals surface area (Å²) in [5, 5.41) is 13.8. The number of nitrogens with one attached hydrogen (secondary N) is 2. The fourth-order valence-electron chi connectivity index (χ4n) is 8.64. The van der Waals surface area contributed by atoms with Gasteiger partial charge in [-0.1, -0.05) is 77.8 Å². The van der Waals surface area contributed by atoms with Crippen molar-refractivity contribution in [2.45, 2.75) is 32.9 Å². The Labute approximate surface area is 385 Å². The highest BCUT2D eigenvalue weighted by atomic mass is 35.5. The van der Waals surface area contributed by atoms with Crippen molar-refractivity contribution >= 4 is 73.1 Å². The number of para-hydroxylation sites is 1. The second-order valence-corrected chi connectivity index (χ2v) is 16.7. The highest BCUT2D eigenvalue weighted by molar-refractivity contribution is 6.35. The molecule has 66 heavy (non-hydrogen) atoms. The summed E-state index contributed by atoms with van der Waals surface area (Å²) in [6.45, 7) is 5.36. The Hall–Kier alpha value is -8.00. The molecule has 2 N–H and O–H groups in total. The van der Waals surface area contributed by atoms with E-state index in [0.717, 1.165) is 0 Å². The Kier molecular flexibility index (Phi) is 10.7. The number of hydrogen-bond donors (Lipinski definition) is 2. The molecule has 2 unspecified atom stereocenters. The molecule has 0 bridgehead atoms. The van der Waals surface area contributed by atoms with Crippen LogP contribution in [-0.4, -0.2) is 45.5 Å². The van der Waals surface area contributed by atoms with Gasteiger partial charge >= 0.3 is 0 Å². The van der Waals surface area contributed by atoms with Gasteiger partial charge in [0, 0.05) is 58.5 Å². The number of hydrogen-bond acceptors (Lipinski definition) is 8. The maximum atomic E-state index is 14.6. The van der Waals surface area contributed by atoms with Crippen molar-refractivity contribution in [2.75, 3.05) is 0 Å². The summed E-state index contributed by atoms with van der Waals surface area (Å²) in [5.41, 5.74) is 4.47. The third-order valence-corrected chi connectivity index (χ3v) is 12.3. The van der Waals surface area contributed by atoms with Gasteiger partial charge in [0.15, 0.2) is 5.65 Å². The van der Waals surface area contributed by atoms with Crippen LogP contribution in [0.4, 0.5) is 0 Å². The van der Waals surface area contributed by atoms with Gasteiger partial charge in [0.1, 0.15) is 5.56 Å². The van der Waals surface area contributed by atoms with Crippen molar-refractivity contribution in [1.29, 1.82) is 0 Å². The minimum absolute atomic E-state index is 0.221. The number of aryl methyl sites for hydroxylation is 1. The summed E-state index contributed by atoms with van der Waals surface area (Å²) in [5.74, 6) is -0.852. The molecule has 6 heterocycles. The zero-order valence-electron chi connectivity index (χ0n) is 35.5. The summed E-state index contributed by atoms with van der Waals surface area (Å²) in [6, 6.07) is 34.7. The van der Waals surface area contributed by atoms with Gasteiger partial charge in [0.05, 0.1) is 55.4 Å². The number of amides is 2. The van der Waals surface area contributed by atoms with E-state index in [-0.39, 0.29) is 21.7 Å². The third-order valence-electron chi connectivity index (χ3n) is 11.7. The number of fused-ring (bicyclic) bond motifs is 4. The predicted octanol–water partition coefficient (Wildman–Crippen LogP) is 9.54. The molecule has 13 nitrogen and oxygen atoms in total. The first kappa shape index (κ1) is 42.0. The lowest BCUT2D eigenvalue weighted by atomic mass is 10.0. The van der Waals surface area contributed by atoms with Crippen molar-refractivity contribution in [3.05, 3.63) is 205 Å². The van der Waals surface area contributed by atoms with Gasteiger partial charge < -0.3 is 10.6 Å². The molecule has 0 fully saturated rings. The molecule has 0 radical (unpaired) electrons. The van der Waals surface area contributed by atoms with Crippen LogP contribution in [0.5, 0.6) is 0 Å². The molecule has 10 aromatic rings.